The van der Waals surface area contributed by atoms with Crippen molar-refractivity contribution >= 4 is 57.0 Å². The van der Waals surface area contributed by atoms with Crippen LogP contribution < -0.4 is 10.6 Å². The molecule has 0 amide bonds. The average Bonchev–Trinajstić information content (AvgIpc) is 2.68. The molecule has 0 aliphatic heterocycles. The summed E-state index contributed by atoms with van der Waals surface area (Å²) in [6.45, 7) is 10.2. The molecular weight excluding hydrogens is 597 g/mol. The van der Waals surface area contributed by atoms with Crippen LogP contribution in [0.4, 0.5) is 17.1 Å². The van der Waals surface area contributed by atoms with E-state index < -0.39 is 0 Å². The Morgan fingerprint density at radius 2 is 1.07 bits per heavy atom. The first-order chi connectivity index (χ1) is 12.2. The third-order valence-electron chi connectivity index (χ3n) is 2.95. The van der Waals surface area contributed by atoms with E-state index in [9.17, 15) is 0 Å². The van der Waals surface area contributed by atoms with E-state index in [0.717, 1.165) is 23.5 Å². The van der Waals surface area contributed by atoms with Gasteiger partial charge in [0.25, 0.3) is 0 Å². The average molecular weight is 637 g/mol. The molecule has 0 radical (unpaired) electrons. The minimum atomic E-state index is 0. The Hall–Kier alpha value is 0.0844. The monoisotopic (exact) mass is 637 g/mol. The molecule has 0 fully saturated rings. The van der Waals surface area contributed by atoms with Gasteiger partial charge in [0, 0.05) is 24.1 Å². The van der Waals surface area contributed by atoms with Crippen molar-refractivity contribution in [2.45, 2.75) is 62.3 Å². The van der Waals surface area contributed by atoms with Crippen LogP contribution in [0, 0.1) is 0 Å². The quantitative estimate of drug-likeness (QED) is 0.319. The Labute approximate surface area is 198 Å². The van der Waals surface area contributed by atoms with Gasteiger partial charge in [-0.1, -0.05) is 68.0 Å². The van der Waals surface area contributed by atoms with Crippen molar-refractivity contribution in [3.05, 3.63) is 54.1 Å². The van der Waals surface area contributed by atoms with Crippen LogP contribution >= 0.6 is 40.0 Å². The minimum absolute atomic E-state index is 0. The number of benzene rings is 2. The summed E-state index contributed by atoms with van der Waals surface area (Å²) in [5, 5.41) is 6.51. The molecule has 0 atom stereocenters. The summed E-state index contributed by atoms with van der Waals surface area (Å²) in [6, 6.07) is 16.9. The summed E-state index contributed by atoms with van der Waals surface area (Å²) in [4.78, 5) is 0. The Bertz CT molecular complexity index is 503. The zero-order chi connectivity index (χ0) is 19.5. The fourth-order valence-electron chi connectivity index (χ4n) is 1.93. The van der Waals surface area contributed by atoms with Crippen LogP contribution in [0.15, 0.2) is 48.5 Å². The molecule has 0 aliphatic carbocycles. The predicted octanol–water partition coefficient (Wildman–Crippen LogP) is 9.52. The van der Waals surface area contributed by atoms with E-state index in [4.69, 9.17) is 0 Å². The maximum atomic E-state index is 3.40. The van der Waals surface area contributed by atoms with Gasteiger partial charge in [0.15, 0.2) is 0 Å². The van der Waals surface area contributed by atoms with Crippen molar-refractivity contribution in [2.24, 2.45) is 0 Å². The molecule has 2 N–H and O–H groups in total. The summed E-state index contributed by atoms with van der Waals surface area (Å²) >= 11 is 4.74. The molecule has 2 aromatic rings. The number of hydrogen-bond donors (Lipinski definition) is 2. The van der Waals surface area contributed by atoms with Crippen molar-refractivity contribution in [1.82, 2.24) is 0 Å². The van der Waals surface area contributed by atoms with E-state index in [0.29, 0.717) is 9.47 Å². The number of halogens is 2. The van der Waals surface area contributed by atoms with Crippen LogP contribution in [0.1, 0.15) is 61.5 Å². The van der Waals surface area contributed by atoms with Crippen molar-refractivity contribution in [3.8, 4) is 0 Å². The molecule has 0 aliphatic rings. The second-order valence-electron chi connectivity index (χ2n) is 4.46. The standard InChI is InChI=1S/C16H20N2.2C2H6.2CH4.2HI.V/c1-3-4-13-5-7-15(8-6-13)18-16-11-9-14(17-2)10-12-16;2*1-2;;;;;/h5-12,17-18H,3-4H2,1-2H3;2*1-2H3;2*1H4;2*1H;/q;;;;;;;+2/p-2. The molecule has 5 heteroatoms. The normalized spacial score (nSPS) is 7.70. The molecule has 0 bridgehead atoms. The van der Waals surface area contributed by atoms with Crippen LogP contribution in [-0.4, -0.2) is 7.05 Å². The number of nitrogens with one attached hydrogen (secondary N) is 2. The molecule has 2 aromatic carbocycles. The van der Waals surface area contributed by atoms with Crippen LogP contribution in [0.2, 0.25) is 0 Å². The first kappa shape index (κ1) is 34.6. The van der Waals surface area contributed by atoms with Crippen molar-refractivity contribution < 1.29 is 9.47 Å². The first-order valence-electron chi connectivity index (χ1n) is 8.79. The molecule has 2 nitrogen and oxygen atoms in total. The number of hydrogen-bond acceptors (Lipinski definition) is 2. The fraction of sp³-hybridized carbons (Fsp3) is 0.455. The maximum absolute atomic E-state index is 3.40. The molecule has 0 saturated carbocycles. The van der Waals surface area contributed by atoms with Crippen LogP contribution in [0.3, 0.4) is 0 Å². The van der Waals surface area contributed by atoms with E-state index >= 15 is 0 Å². The second kappa shape index (κ2) is 26.1. The molecular formula is C22H40I2N2V. The van der Waals surface area contributed by atoms with Gasteiger partial charge in [-0.25, -0.2) is 0 Å². The molecule has 0 heterocycles. The molecule has 0 unspecified atom stereocenters. The van der Waals surface area contributed by atoms with Gasteiger partial charge in [0.2, 0.25) is 0 Å². The third-order valence-corrected chi connectivity index (χ3v) is 2.95. The summed E-state index contributed by atoms with van der Waals surface area (Å²) in [6.07, 6.45) is 2.34. The zero-order valence-electron chi connectivity index (χ0n) is 16.2. The van der Waals surface area contributed by atoms with Gasteiger partial charge in [-0.2, -0.15) is 0 Å². The summed E-state index contributed by atoms with van der Waals surface area (Å²) in [7, 11) is 2.55. The molecule has 0 spiro atoms. The summed E-state index contributed by atoms with van der Waals surface area (Å²) in [5.74, 6) is 0. The first-order valence-corrected chi connectivity index (χ1v) is 17.8. The number of aryl methyl sites for hydroxylation is 1. The predicted molar refractivity (Wildman–Crippen MR) is 144 cm³/mol. The Morgan fingerprint density at radius 1 is 0.741 bits per heavy atom. The Kier molecular flexibility index (Phi) is 33.4. The van der Waals surface area contributed by atoms with E-state index in [2.05, 4.69) is 106 Å². The molecule has 0 saturated heterocycles. The molecule has 2 rings (SSSR count). The van der Waals surface area contributed by atoms with E-state index in [-0.39, 0.29) is 14.9 Å². The Balaban J connectivity index is -0.000000262. The SMILES string of the molecule is C.C.CC.CC.CCCc1ccc(Nc2ccc(NC)cc2)cc1.[I][V][I]. The number of rotatable bonds is 5. The zero-order valence-corrected chi connectivity index (χ0v) is 21.9. The second-order valence-corrected chi connectivity index (χ2v) is 16.3. The van der Waals surface area contributed by atoms with Gasteiger partial charge < -0.3 is 10.6 Å². The van der Waals surface area contributed by atoms with Gasteiger partial charge >= 0.3 is 49.4 Å². The van der Waals surface area contributed by atoms with Gasteiger partial charge in [-0.05, 0) is 48.4 Å². The summed E-state index contributed by atoms with van der Waals surface area (Å²) < 4.78 is 0. The van der Waals surface area contributed by atoms with Crippen LogP contribution in [0.5, 0.6) is 0 Å². The van der Waals surface area contributed by atoms with Gasteiger partial charge in [0.05, 0.1) is 0 Å². The number of anilines is 3. The van der Waals surface area contributed by atoms with Crippen molar-refractivity contribution in [1.29, 1.82) is 0 Å². The van der Waals surface area contributed by atoms with Crippen molar-refractivity contribution in [3.63, 3.8) is 0 Å². The van der Waals surface area contributed by atoms with E-state index in [1.54, 1.807) is 0 Å². The summed E-state index contributed by atoms with van der Waals surface area (Å²) in [5.41, 5.74) is 4.76. The molecule has 0 aromatic heterocycles. The van der Waals surface area contributed by atoms with E-state index in [1.807, 2.05) is 34.7 Å². The molecule has 27 heavy (non-hydrogen) atoms. The van der Waals surface area contributed by atoms with Gasteiger partial charge in [-0.3, -0.25) is 0 Å². The fourth-order valence-corrected chi connectivity index (χ4v) is 1.93. The van der Waals surface area contributed by atoms with Gasteiger partial charge in [0.1, 0.15) is 0 Å². The third kappa shape index (κ3) is 17.9. The van der Waals surface area contributed by atoms with Crippen LogP contribution in [-0.2, 0) is 15.9 Å². The Morgan fingerprint density at radius 3 is 1.41 bits per heavy atom. The topological polar surface area (TPSA) is 24.1 Å². The van der Waals surface area contributed by atoms with Crippen LogP contribution in [0.25, 0.3) is 0 Å². The van der Waals surface area contributed by atoms with Crippen molar-refractivity contribution in [2.75, 3.05) is 17.7 Å². The van der Waals surface area contributed by atoms with E-state index in [1.165, 1.54) is 12.0 Å². The van der Waals surface area contributed by atoms with Gasteiger partial charge in [-0.15, -0.1) is 0 Å². The molecule has 157 valence electrons.